The largest absolute Gasteiger partial charge is 0.529 e. The van der Waals surface area contributed by atoms with Crippen LogP contribution in [-0.2, 0) is 13.3 Å². The van der Waals surface area contributed by atoms with Crippen LogP contribution in [0, 0.1) is 5.92 Å². The number of hydrogen-bond donors (Lipinski definition) is 0. The van der Waals surface area contributed by atoms with E-state index < -0.39 is 8.80 Å². The van der Waals surface area contributed by atoms with Crippen molar-refractivity contribution < 1.29 is 13.3 Å². The van der Waals surface area contributed by atoms with Crippen molar-refractivity contribution in [2.75, 3.05) is 19.8 Å². The van der Waals surface area contributed by atoms with Crippen molar-refractivity contribution in [3.05, 3.63) is 23.9 Å². The number of rotatable bonds is 12. The molecule has 1 aliphatic carbocycles. The summed E-state index contributed by atoms with van der Waals surface area (Å²) < 4.78 is 18.1. The molecule has 122 valence electrons. The van der Waals surface area contributed by atoms with Gasteiger partial charge < -0.3 is 13.3 Å². The molecule has 1 rings (SSSR count). The van der Waals surface area contributed by atoms with Crippen LogP contribution in [0.5, 0.6) is 0 Å². The van der Waals surface area contributed by atoms with E-state index in [4.69, 9.17) is 13.3 Å². The van der Waals surface area contributed by atoms with Crippen LogP contribution in [0.2, 0.25) is 0 Å². The van der Waals surface area contributed by atoms with Crippen LogP contribution in [-0.4, -0.2) is 28.6 Å². The van der Waals surface area contributed by atoms with Crippen LogP contribution in [0.3, 0.4) is 0 Å². The molecule has 0 aromatic rings. The highest BCUT2D eigenvalue weighted by Crippen LogP contribution is 2.22. The van der Waals surface area contributed by atoms with Crippen molar-refractivity contribution >= 4 is 8.80 Å². The van der Waals surface area contributed by atoms with E-state index >= 15 is 0 Å². The lowest BCUT2D eigenvalue weighted by Gasteiger charge is -2.26. The average molecular weight is 313 g/mol. The molecule has 0 fully saturated rings. The van der Waals surface area contributed by atoms with E-state index in [1.165, 1.54) is 12.8 Å². The maximum atomic E-state index is 6.04. The molecule has 0 saturated carbocycles. The van der Waals surface area contributed by atoms with Crippen LogP contribution in [0.25, 0.3) is 0 Å². The van der Waals surface area contributed by atoms with Crippen molar-refractivity contribution in [2.24, 2.45) is 5.92 Å². The summed E-state index contributed by atoms with van der Waals surface area (Å²) in [6, 6.07) is 0. The summed E-state index contributed by atoms with van der Waals surface area (Å²) in [7, 11) is -2.64. The third kappa shape index (κ3) is 7.41. The van der Waals surface area contributed by atoms with Gasteiger partial charge in [0, 0.05) is 19.8 Å². The summed E-state index contributed by atoms with van der Waals surface area (Å²) in [6.45, 7) is 8.46. The lowest BCUT2D eigenvalue weighted by atomic mass is 10.1. The Labute approximate surface area is 131 Å². The van der Waals surface area contributed by atoms with Crippen LogP contribution in [0.1, 0.15) is 59.3 Å². The second-order valence-corrected chi connectivity index (χ2v) is 7.96. The Balaban J connectivity index is 2.63. The standard InChI is InChI=1S/C17H32O3Si/c1-4-13-18-21(19-14-5-2,20-15-6-3)16-9-12-17-10-7-8-11-17/h7,9-10,16-17H,4-6,8,11-15H2,1-3H3. The zero-order valence-corrected chi connectivity index (χ0v) is 15.0. The van der Waals surface area contributed by atoms with Gasteiger partial charge in [-0.25, -0.2) is 0 Å². The van der Waals surface area contributed by atoms with E-state index in [2.05, 4.69) is 44.7 Å². The Morgan fingerprint density at radius 3 is 2.00 bits per heavy atom. The van der Waals surface area contributed by atoms with E-state index in [1.54, 1.807) is 0 Å². The number of hydrogen-bond acceptors (Lipinski definition) is 3. The minimum absolute atomic E-state index is 0.677. The molecule has 0 heterocycles. The van der Waals surface area contributed by atoms with Gasteiger partial charge >= 0.3 is 8.80 Å². The van der Waals surface area contributed by atoms with Crippen LogP contribution in [0.15, 0.2) is 23.9 Å². The molecule has 0 aromatic heterocycles. The van der Waals surface area contributed by atoms with Crippen molar-refractivity contribution in [1.82, 2.24) is 0 Å². The predicted molar refractivity (Wildman–Crippen MR) is 90.1 cm³/mol. The lowest BCUT2D eigenvalue weighted by molar-refractivity contribution is 0.0715. The third-order valence-corrected chi connectivity index (χ3v) is 5.86. The van der Waals surface area contributed by atoms with Crippen molar-refractivity contribution in [2.45, 2.75) is 59.3 Å². The fourth-order valence-electron chi connectivity index (χ4n) is 2.28. The Hall–Kier alpha value is -0.423. The Kier molecular flexibility index (Phi) is 9.92. The first kappa shape index (κ1) is 18.6. The van der Waals surface area contributed by atoms with Gasteiger partial charge in [-0.1, -0.05) is 39.0 Å². The average Bonchev–Trinajstić information content (AvgIpc) is 3.01. The summed E-state index contributed by atoms with van der Waals surface area (Å²) in [5, 5.41) is 0. The second kappa shape index (κ2) is 11.2. The summed E-state index contributed by atoms with van der Waals surface area (Å²) in [6.07, 6.45) is 13.3. The normalized spacial score (nSPS) is 18.9. The molecule has 0 bridgehead atoms. The third-order valence-electron chi connectivity index (χ3n) is 3.40. The smallest absolute Gasteiger partial charge is 0.370 e. The molecule has 0 saturated heterocycles. The fourth-order valence-corrected chi connectivity index (χ4v) is 4.71. The Bertz CT molecular complexity index is 293. The summed E-state index contributed by atoms with van der Waals surface area (Å²) in [5.74, 6) is 0.677. The highest BCUT2D eigenvalue weighted by atomic mass is 28.4. The van der Waals surface area contributed by atoms with E-state index in [0.29, 0.717) is 25.7 Å². The predicted octanol–water partition coefficient (Wildman–Crippen LogP) is 4.66. The van der Waals surface area contributed by atoms with Gasteiger partial charge in [-0.05, 0) is 50.1 Å². The Morgan fingerprint density at radius 1 is 1.00 bits per heavy atom. The highest BCUT2D eigenvalue weighted by molar-refractivity contribution is 6.66. The van der Waals surface area contributed by atoms with Gasteiger partial charge in [0.1, 0.15) is 0 Å². The Morgan fingerprint density at radius 2 is 1.57 bits per heavy atom. The first-order chi connectivity index (χ1) is 10.3. The van der Waals surface area contributed by atoms with Crippen molar-refractivity contribution in [3.63, 3.8) is 0 Å². The molecular formula is C17H32O3Si. The van der Waals surface area contributed by atoms with Gasteiger partial charge in [0.25, 0.3) is 0 Å². The second-order valence-electron chi connectivity index (χ2n) is 5.55. The molecule has 0 aromatic carbocycles. The number of allylic oxidation sites excluding steroid dienone is 3. The minimum Gasteiger partial charge on any atom is -0.370 e. The molecule has 1 unspecified atom stereocenters. The molecule has 21 heavy (non-hydrogen) atoms. The van der Waals surface area contributed by atoms with Gasteiger partial charge in [0.2, 0.25) is 0 Å². The first-order valence-electron chi connectivity index (χ1n) is 8.52. The minimum atomic E-state index is -2.64. The van der Waals surface area contributed by atoms with E-state index in [-0.39, 0.29) is 0 Å². The summed E-state index contributed by atoms with van der Waals surface area (Å²) in [4.78, 5) is 0. The molecule has 0 aliphatic heterocycles. The maximum Gasteiger partial charge on any atom is 0.529 e. The van der Waals surface area contributed by atoms with Gasteiger partial charge in [-0.2, -0.15) is 0 Å². The summed E-state index contributed by atoms with van der Waals surface area (Å²) in [5.41, 5.74) is 2.11. The van der Waals surface area contributed by atoms with Gasteiger partial charge in [0.15, 0.2) is 0 Å². The first-order valence-corrected chi connectivity index (χ1v) is 10.3. The zero-order chi connectivity index (χ0) is 15.4. The lowest BCUT2D eigenvalue weighted by Crippen LogP contribution is -2.45. The van der Waals surface area contributed by atoms with E-state index in [9.17, 15) is 0 Å². The molecule has 4 heteroatoms. The van der Waals surface area contributed by atoms with Crippen molar-refractivity contribution in [3.8, 4) is 0 Å². The quantitative estimate of drug-likeness (QED) is 0.387. The molecule has 0 spiro atoms. The van der Waals surface area contributed by atoms with Gasteiger partial charge in [-0.15, -0.1) is 0 Å². The monoisotopic (exact) mass is 312 g/mol. The molecule has 1 aliphatic rings. The molecule has 0 amide bonds. The van der Waals surface area contributed by atoms with Crippen LogP contribution >= 0.6 is 0 Å². The van der Waals surface area contributed by atoms with Gasteiger partial charge in [-0.3, -0.25) is 0 Å². The zero-order valence-electron chi connectivity index (χ0n) is 14.0. The fraction of sp³-hybridized carbons (Fsp3) is 0.765. The molecule has 0 radical (unpaired) electrons. The van der Waals surface area contributed by atoms with E-state index in [0.717, 1.165) is 25.7 Å². The van der Waals surface area contributed by atoms with Crippen molar-refractivity contribution in [1.29, 1.82) is 0 Å². The van der Waals surface area contributed by atoms with E-state index in [1.807, 2.05) is 0 Å². The SMILES string of the molecule is CCCO[Si](C=CCC1C=CCC1)(OCCC)OCCC. The van der Waals surface area contributed by atoms with Crippen LogP contribution < -0.4 is 0 Å². The summed E-state index contributed by atoms with van der Waals surface area (Å²) >= 11 is 0. The molecule has 0 N–H and O–H groups in total. The highest BCUT2D eigenvalue weighted by Gasteiger charge is 2.38. The molecule has 3 nitrogen and oxygen atoms in total. The molecular weight excluding hydrogens is 280 g/mol. The maximum absolute atomic E-state index is 6.04. The van der Waals surface area contributed by atoms with Gasteiger partial charge in [0.05, 0.1) is 0 Å². The van der Waals surface area contributed by atoms with Crippen LogP contribution in [0.4, 0.5) is 0 Å². The molecule has 1 atom stereocenters. The topological polar surface area (TPSA) is 27.7 Å².